The number of halogens is 1. The summed E-state index contributed by atoms with van der Waals surface area (Å²) >= 11 is 5.99. The molecule has 0 saturated heterocycles. The van der Waals surface area contributed by atoms with Crippen molar-refractivity contribution in [3.63, 3.8) is 0 Å². The summed E-state index contributed by atoms with van der Waals surface area (Å²) in [5.74, 6) is 0.763. The molecule has 0 fully saturated rings. The topological polar surface area (TPSA) is 107 Å². The Bertz CT molecular complexity index is 1110. The Hall–Kier alpha value is -3.52. The summed E-state index contributed by atoms with van der Waals surface area (Å²) in [6.07, 6.45) is 1.36. The van der Waals surface area contributed by atoms with Gasteiger partial charge in [0, 0.05) is 28.4 Å². The summed E-state index contributed by atoms with van der Waals surface area (Å²) < 4.78 is 5.66. The zero-order valence-electron chi connectivity index (χ0n) is 13.1. The maximum absolute atomic E-state index is 10.8. The second-order valence-electron chi connectivity index (χ2n) is 5.33. The van der Waals surface area contributed by atoms with Crippen molar-refractivity contribution in [2.45, 2.75) is 0 Å². The predicted octanol–water partition coefficient (Wildman–Crippen LogP) is 4.59. The van der Waals surface area contributed by atoms with Crippen LogP contribution in [0.4, 0.5) is 17.2 Å². The first-order valence-electron chi connectivity index (χ1n) is 7.49. The number of nitro groups is 1. The van der Waals surface area contributed by atoms with Gasteiger partial charge < -0.3 is 9.73 Å². The van der Waals surface area contributed by atoms with Crippen molar-refractivity contribution >= 4 is 40.0 Å². The minimum atomic E-state index is -0.464. The van der Waals surface area contributed by atoms with Gasteiger partial charge >= 0.3 is 0 Å². The minimum absolute atomic E-state index is 0.00651. The summed E-state index contributed by atoms with van der Waals surface area (Å²) in [7, 11) is 0. The number of rotatable bonds is 4. The molecule has 0 aliphatic heterocycles. The number of nitrogens with one attached hydrogen (secondary N) is 1. The third-order valence-electron chi connectivity index (χ3n) is 3.61. The van der Waals surface area contributed by atoms with E-state index in [0.717, 1.165) is 5.69 Å². The number of benzene rings is 2. The molecule has 0 aliphatic carbocycles. The molecule has 0 spiro atoms. The van der Waals surface area contributed by atoms with Crippen LogP contribution in [0.3, 0.4) is 0 Å². The monoisotopic (exact) mass is 367 g/mol. The standard InChI is InChI=1S/C17H10ClN5O3/c18-11-2-1-3-12(8-11)21-15-14-17(20-9-19-15)26-16(22-14)10-4-6-13(7-5-10)23(24)25/h1-9H,(H,19,20,21). The third kappa shape index (κ3) is 3.05. The number of oxazole rings is 1. The molecule has 1 N–H and O–H groups in total. The summed E-state index contributed by atoms with van der Waals surface area (Å²) in [4.78, 5) is 23.0. The van der Waals surface area contributed by atoms with Gasteiger partial charge in [0.15, 0.2) is 11.3 Å². The van der Waals surface area contributed by atoms with Crippen LogP contribution in [-0.4, -0.2) is 19.9 Å². The van der Waals surface area contributed by atoms with Crippen molar-refractivity contribution in [1.29, 1.82) is 0 Å². The Labute approximate surface area is 151 Å². The van der Waals surface area contributed by atoms with E-state index in [4.69, 9.17) is 16.0 Å². The van der Waals surface area contributed by atoms with Gasteiger partial charge in [-0.2, -0.15) is 4.98 Å². The summed E-state index contributed by atoms with van der Waals surface area (Å²) in [6.45, 7) is 0. The van der Waals surface area contributed by atoms with Crippen LogP contribution in [0, 0.1) is 10.1 Å². The zero-order valence-corrected chi connectivity index (χ0v) is 13.8. The second kappa shape index (κ2) is 6.41. The van der Waals surface area contributed by atoms with E-state index < -0.39 is 4.92 Å². The fraction of sp³-hybridized carbons (Fsp3) is 0. The molecule has 2 aromatic heterocycles. The Morgan fingerprint density at radius 1 is 1.12 bits per heavy atom. The number of hydrogen-bond donors (Lipinski definition) is 1. The lowest BCUT2D eigenvalue weighted by Crippen LogP contribution is -1.95. The molecule has 0 amide bonds. The van der Waals surface area contributed by atoms with Gasteiger partial charge in [0.2, 0.25) is 5.89 Å². The molecule has 0 saturated carbocycles. The highest BCUT2D eigenvalue weighted by atomic mass is 35.5. The molecular weight excluding hydrogens is 358 g/mol. The van der Waals surface area contributed by atoms with E-state index in [1.54, 1.807) is 24.3 Å². The van der Waals surface area contributed by atoms with Crippen LogP contribution in [0.1, 0.15) is 0 Å². The molecular formula is C17H10ClN5O3. The molecule has 0 radical (unpaired) electrons. The van der Waals surface area contributed by atoms with Crippen LogP contribution in [0.5, 0.6) is 0 Å². The molecule has 0 bridgehead atoms. The van der Waals surface area contributed by atoms with Crippen molar-refractivity contribution in [2.75, 3.05) is 5.32 Å². The molecule has 9 heteroatoms. The van der Waals surface area contributed by atoms with E-state index in [2.05, 4.69) is 20.3 Å². The summed E-state index contributed by atoms with van der Waals surface area (Å²) in [6, 6.07) is 13.1. The highest BCUT2D eigenvalue weighted by Gasteiger charge is 2.15. The highest BCUT2D eigenvalue weighted by molar-refractivity contribution is 6.30. The van der Waals surface area contributed by atoms with E-state index in [1.165, 1.54) is 18.5 Å². The van der Waals surface area contributed by atoms with Crippen molar-refractivity contribution in [2.24, 2.45) is 0 Å². The third-order valence-corrected chi connectivity index (χ3v) is 3.84. The maximum Gasteiger partial charge on any atom is 0.269 e. The van der Waals surface area contributed by atoms with E-state index in [0.29, 0.717) is 33.5 Å². The molecule has 0 atom stereocenters. The van der Waals surface area contributed by atoms with Crippen molar-refractivity contribution in [1.82, 2.24) is 15.0 Å². The number of fused-ring (bicyclic) bond motifs is 1. The number of nitrogens with zero attached hydrogens (tertiary/aromatic N) is 4. The molecule has 0 unspecified atom stereocenters. The van der Waals surface area contributed by atoms with Gasteiger partial charge in [0.25, 0.3) is 11.4 Å². The molecule has 0 aliphatic rings. The Morgan fingerprint density at radius 3 is 2.65 bits per heavy atom. The number of nitro benzene ring substituents is 1. The smallest absolute Gasteiger partial charge is 0.269 e. The summed E-state index contributed by atoms with van der Waals surface area (Å²) in [5, 5.41) is 14.5. The summed E-state index contributed by atoms with van der Waals surface area (Å²) in [5.41, 5.74) is 2.09. The number of aromatic nitrogens is 3. The van der Waals surface area contributed by atoms with Gasteiger partial charge in [-0.3, -0.25) is 10.1 Å². The Balaban J connectivity index is 1.72. The first kappa shape index (κ1) is 16.0. The number of non-ortho nitro benzene ring substituents is 1. The van der Waals surface area contributed by atoms with Crippen LogP contribution in [-0.2, 0) is 0 Å². The van der Waals surface area contributed by atoms with Gasteiger partial charge in [-0.1, -0.05) is 17.7 Å². The number of anilines is 2. The average Bonchev–Trinajstić information content (AvgIpc) is 3.07. The normalized spacial score (nSPS) is 10.8. The maximum atomic E-state index is 10.8. The lowest BCUT2D eigenvalue weighted by Gasteiger charge is -2.05. The Morgan fingerprint density at radius 2 is 1.92 bits per heavy atom. The molecule has 8 nitrogen and oxygen atoms in total. The fourth-order valence-corrected chi connectivity index (χ4v) is 2.59. The quantitative estimate of drug-likeness (QED) is 0.415. The number of hydrogen-bond acceptors (Lipinski definition) is 7. The van der Waals surface area contributed by atoms with Crippen molar-refractivity contribution in [3.8, 4) is 11.5 Å². The molecule has 4 aromatic rings. The zero-order chi connectivity index (χ0) is 18.1. The van der Waals surface area contributed by atoms with Crippen LogP contribution in [0.2, 0.25) is 5.02 Å². The van der Waals surface area contributed by atoms with Crippen LogP contribution < -0.4 is 5.32 Å². The van der Waals surface area contributed by atoms with Gasteiger partial charge in [0.1, 0.15) is 6.33 Å². The van der Waals surface area contributed by atoms with Crippen molar-refractivity contribution in [3.05, 3.63) is 70.0 Å². The van der Waals surface area contributed by atoms with Crippen LogP contribution >= 0.6 is 11.6 Å². The van der Waals surface area contributed by atoms with E-state index in [1.807, 2.05) is 12.1 Å². The lowest BCUT2D eigenvalue weighted by molar-refractivity contribution is -0.384. The fourth-order valence-electron chi connectivity index (χ4n) is 2.40. The van der Waals surface area contributed by atoms with E-state index in [9.17, 15) is 10.1 Å². The first-order valence-corrected chi connectivity index (χ1v) is 7.87. The molecule has 128 valence electrons. The van der Waals surface area contributed by atoms with Crippen LogP contribution in [0.15, 0.2) is 59.3 Å². The molecule has 26 heavy (non-hydrogen) atoms. The van der Waals surface area contributed by atoms with Gasteiger partial charge in [-0.05, 0) is 30.3 Å². The van der Waals surface area contributed by atoms with Crippen LogP contribution in [0.25, 0.3) is 22.7 Å². The molecule has 4 rings (SSSR count). The average molecular weight is 368 g/mol. The van der Waals surface area contributed by atoms with Gasteiger partial charge in [-0.25, -0.2) is 9.97 Å². The SMILES string of the molecule is O=[N+]([O-])c1ccc(-c2nc3c(Nc4cccc(Cl)c4)ncnc3o2)cc1. The molecule has 2 heterocycles. The second-order valence-corrected chi connectivity index (χ2v) is 5.77. The Kier molecular flexibility index (Phi) is 3.94. The van der Waals surface area contributed by atoms with Gasteiger partial charge in [0.05, 0.1) is 4.92 Å². The van der Waals surface area contributed by atoms with Crippen molar-refractivity contribution < 1.29 is 9.34 Å². The molecule has 2 aromatic carbocycles. The van der Waals surface area contributed by atoms with E-state index in [-0.39, 0.29) is 5.69 Å². The largest absolute Gasteiger partial charge is 0.417 e. The predicted molar refractivity (Wildman–Crippen MR) is 96.4 cm³/mol. The first-order chi connectivity index (χ1) is 12.6. The van der Waals surface area contributed by atoms with Gasteiger partial charge in [-0.15, -0.1) is 0 Å². The lowest BCUT2D eigenvalue weighted by atomic mass is 10.2. The van der Waals surface area contributed by atoms with E-state index >= 15 is 0 Å². The minimum Gasteiger partial charge on any atom is -0.417 e. The highest BCUT2D eigenvalue weighted by Crippen LogP contribution is 2.29.